The van der Waals surface area contributed by atoms with Crippen LogP contribution in [0.1, 0.15) is 15.3 Å². The minimum Gasteiger partial charge on any atom is -0.298 e. The van der Waals surface area contributed by atoms with Gasteiger partial charge in [-0.15, -0.1) is 11.3 Å². The monoisotopic (exact) mass is 502 g/mol. The number of carbonyl (C=O) groups is 2. The number of hydrogen-bond donors (Lipinski definition) is 1. The van der Waals surface area contributed by atoms with Crippen LogP contribution in [-0.2, 0) is 9.59 Å². The average molecular weight is 503 g/mol. The molecule has 25 heavy (non-hydrogen) atoms. The number of rotatable bonds is 2. The fraction of sp³-hybridized carbons (Fsp3) is 0.118. The molecule has 3 rings (SSSR count). The van der Waals surface area contributed by atoms with E-state index in [2.05, 4.69) is 27.9 Å². The Morgan fingerprint density at radius 3 is 2.44 bits per heavy atom. The van der Waals surface area contributed by atoms with Gasteiger partial charge in [-0.1, -0.05) is 11.6 Å². The van der Waals surface area contributed by atoms with E-state index in [4.69, 9.17) is 23.8 Å². The lowest BCUT2D eigenvalue weighted by Gasteiger charge is -2.28. The molecule has 0 atom stereocenters. The molecule has 1 N–H and O–H groups in total. The molecule has 2 amide bonds. The molecule has 0 radical (unpaired) electrons. The van der Waals surface area contributed by atoms with E-state index < -0.39 is 11.8 Å². The normalized spacial score (nSPS) is 16.6. The van der Waals surface area contributed by atoms with Gasteiger partial charge in [0.15, 0.2) is 5.11 Å². The second-order valence-corrected chi connectivity index (χ2v) is 8.55. The van der Waals surface area contributed by atoms with Crippen LogP contribution in [0.25, 0.3) is 6.08 Å². The Labute approximate surface area is 173 Å². The number of thiophene rings is 1. The molecule has 1 fully saturated rings. The summed E-state index contributed by atoms with van der Waals surface area (Å²) in [6.07, 6.45) is 1.63. The fourth-order valence-corrected chi connectivity index (χ4v) is 4.82. The maximum Gasteiger partial charge on any atom is 0.270 e. The highest BCUT2D eigenvalue weighted by Crippen LogP contribution is 2.32. The van der Waals surface area contributed by atoms with E-state index in [1.807, 2.05) is 13.8 Å². The molecule has 1 aromatic carbocycles. The van der Waals surface area contributed by atoms with Crippen LogP contribution in [-0.4, -0.2) is 16.9 Å². The molecule has 2 heterocycles. The number of amides is 2. The highest BCUT2D eigenvalue weighted by Gasteiger charge is 2.34. The molecule has 0 aliphatic carbocycles. The molecule has 4 nitrogen and oxygen atoms in total. The number of halogens is 2. The van der Waals surface area contributed by atoms with Crippen molar-refractivity contribution in [2.24, 2.45) is 0 Å². The Bertz CT molecular complexity index is 935. The van der Waals surface area contributed by atoms with Gasteiger partial charge in [0.1, 0.15) is 5.57 Å². The predicted molar refractivity (Wildman–Crippen MR) is 114 cm³/mol. The van der Waals surface area contributed by atoms with E-state index in [-0.39, 0.29) is 10.7 Å². The Morgan fingerprint density at radius 2 is 1.88 bits per heavy atom. The summed E-state index contributed by atoms with van der Waals surface area (Å²) in [7, 11) is 0. The van der Waals surface area contributed by atoms with Crippen LogP contribution < -0.4 is 10.2 Å². The van der Waals surface area contributed by atoms with Gasteiger partial charge in [0.2, 0.25) is 0 Å². The molecule has 128 valence electrons. The molecule has 8 heteroatoms. The molecule has 1 aromatic heterocycles. The first-order valence-electron chi connectivity index (χ1n) is 7.22. The number of carbonyl (C=O) groups excluding carboxylic acids is 2. The van der Waals surface area contributed by atoms with Crippen molar-refractivity contribution < 1.29 is 9.59 Å². The smallest absolute Gasteiger partial charge is 0.270 e. The van der Waals surface area contributed by atoms with E-state index in [1.165, 1.54) is 4.90 Å². The Morgan fingerprint density at radius 1 is 1.24 bits per heavy atom. The Kier molecular flexibility index (Phi) is 5.29. The third-order valence-electron chi connectivity index (χ3n) is 3.80. The molecule has 1 saturated heterocycles. The van der Waals surface area contributed by atoms with Gasteiger partial charge in [-0.3, -0.25) is 19.8 Å². The fourth-order valence-electron chi connectivity index (χ4n) is 2.33. The zero-order chi connectivity index (χ0) is 18.3. The van der Waals surface area contributed by atoms with E-state index in [9.17, 15) is 9.59 Å². The lowest BCUT2D eigenvalue weighted by Crippen LogP contribution is -2.54. The minimum atomic E-state index is -0.486. The van der Waals surface area contributed by atoms with Gasteiger partial charge in [-0.2, -0.15) is 0 Å². The van der Waals surface area contributed by atoms with Crippen LogP contribution in [0.4, 0.5) is 5.69 Å². The number of nitrogens with zero attached hydrogens (tertiary/aromatic N) is 1. The number of benzene rings is 1. The third kappa shape index (κ3) is 3.51. The summed E-state index contributed by atoms with van der Waals surface area (Å²) in [6.45, 7) is 4.04. The first-order valence-corrected chi connectivity index (χ1v) is 9.90. The number of aryl methyl sites for hydroxylation is 1. The zero-order valence-corrected chi connectivity index (χ0v) is 17.8. The quantitative estimate of drug-likeness (QED) is 0.286. The number of nitrogens with one attached hydrogen (secondary N) is 1. The van der Waals surface area contributed by atoms with Crippen molar-refractivity contribution in [3.05, 3.63) is 53.7 Å². The van der Waals surface area contributed by atoms with Crippen LogP contribution in [0.2, 0.25) is 5.02 Å². The number of anilines is 1. The van der Waals surface area contributed by atoms with Crippen molar-refractivity contribution in [3.8, 4) is 0 Å². The van der Waals surface area contributed by atoms with E-state index in [0.29, 0.717) is 10.7 Å². The van der Waals surface area contributed by atoms with Gasteiger partial charge in [-0.25, -0.2) is 0 Å². The summed E-state index contributed by atoms with van der Waals surface area (Å²) in [5, 5.41) is 3.19. The van der Waals surface area contributed by atoms with Crippen molar-refractivity contribution in [2.45, 2.75) is 13.8 Å². The molecule has 0 unspecified atom stereocenters. The van der Waals surface area contributed by atoms with Crippen molar-refractivity contribution in [2.75, 3.05) is 4.90 Å². The topological polar surface area (TPSA) is 49.4 Å². The maximum atomic E-state index is 12.9. The van der Waals surface area contributed by atoms with Crippen molar-refractivity contribution >= 4 is 86.4 Å². The van der Waals surface area contributed by atoms with Gasteiger partial charge in [-0.05, 0) is 84.6 Å². The molecule has 0 bridgehead atoms. The van der Waals surface area contributed by atoms with Crippen LogP contribution in [0.5, 0.6) is 0 Å². The summed E-state index contributed by atoms with van der Waals surface area (Å²) in [6, 6.07) is 6.71. The van der Waals surface area contributed by atoms with Crippen LogP contribution in [0.3, 0.4) is 0 Å². The summed E-state index contributed by atoms with van der Waals surface area (Å²) >= 11 is 14.9. The minimum absolute atomic E-state index is 0.0581. The first kappa shape index (κ1) is 18.5. The SMILES string of the molecule is Cc1sc(/C=C2\C(=O)NC(=S)N(c3ccc(Cl)cc3)C2=O)c(I)c1C. The van der Waals surface area contributed by atoms with Gasteiger partial charge >= 0.3 is 0 Å². The van der Waals surface area contributed by atoms with Crippen LogP contribution in [0, 0.1) is 17.4 Å². The Balaban J connectivity index is 2.05. The average Bonchev–Trinajstić information content (AvgIpc) is 2.80. The molecule has 0 spiro atoms. The predicted octanol–water partition coefficient (Wildman–Crippen LogP) is 4.45. The molecule has 2 aromatic rings. The summed E-state index contributed by atoms with van der Waals surface area (Å²) < 4.78 is 1.04. The lowest BCUT2D eigenvalue weighted by molar-refractivity contribution is -0.122. The molecule has 0 saturated carbocycles. The van der Waals surface area contributed by atoms with E-state index >= 15 is 0 Å². The van der Waals surface area contributed by atoms with Crippen molar-refractivity contribution in [1.29, 1.82) is 0 Å². The maximum absolute atomic E-state index is 12.9. The highest BCUT2D eigenvalue weighted by molar-refractivity contribution is 14.1. The summed E-state index contributed by atoms with van der Waals surface area (Å²) in [4.78, 5) is 28.6. The second-order valence-electron chi connectivity index (χ2n) is 5.40. The van der Waals surface area contributed by atoms with Crippen LogP contribution >= 0.6 is 57.7 Å². The van der Waals surface area contributed by atoms with Gasteiger partial charge < -0.3 is 0 Å². The Hall–Kier alpha value is -1.29. The molecular formula is C17H12ClIN2O2S2. The largest absolute Gasteiger partial charge is 0.298 e. The molecular weight excluding hydrogens is 491 g/mol. The van der Waals surface area contributed by atoms with Gasteiger partial charge in [0, 0.05) is 18.3 Å². The van der Waals surface area contributed by atoms with Crippen LogP contribution in [0.15, 0.2) is 29.8 Å². The van der Waals surface area contributed by atoms with E-state index in [1.54, 1.807) is 41.7 Å². The number of hydrogen-bond acceptors (Lipinski definition) is 4. The zero-order valence-electron chi connectivity index (χ0n) is 13.2. The first-order chi connectivity index (χ1) is 11.8. The lowest BCUT2D eigenvalue weighted by atomic mass is 10.1. The second kappa shape index (κ2) is 7.14. The van der Waals surface area contributed by atoms with E-state index in [0.717, 1.165) is 18.9 Å². The van der Waals surface area contributed by atoms with Gasteiger partial charge in [0.25, 0.3) is 11.8 Å². The number of thiocarbonyl (C=S) groups is 1. The summed E-state index contributed by atoms with van der Waals surface area (Å²) in [5.41, 5.74) is 1.77. The molecule has 1 aliphatic heterocycles. The highest BCUT2D eigenvalue weighted by atomic mass is 127. The van der Waals surface area contributed by atoms with Crippen molar-refractivity contribution in [1.82, 2.24) is 5.32 Å². The van der Waals surface area contributed by atoms with Crippen molar-refractivity contribution in [3.63, 3.8) is 0 Å². The standard InChI is InChI=1S/C17H12ClIN2O2S2/c1-8-9(2)25-13(14(8)19)7-12-15(22)20-17(24)21(16(12)23)11-5-3-10(18)4-6-11/h3-7H,1-2H3,(H,20,22,24)/b12-7+. The van der Waals surface area contributed by atoms with Gasteiger partial charge in [0.05, 0.1) is 5.69 Å². The third-order valence-corrected chi connectivity index (χ3v) is 7.25. The summed E-state index contributed by atoms with van der Waals surface area (Å²) in [5.74, 6) is -0.935. The molecule has 1 aliphatic rings.